The van der Waals surface area contributed by atoms with Gasteiger partial charge in [-0.05, 0) is 13.0 Å². The van der Waals surface area contributed by atoms with Gasteiger partial charge in [0, 0.05) is 22.7 Å². The van der Waals surface area contributed by atoms with Crippen molar-refractivity contribution >= 4 is 11.6 Å². The Bertz CT molecular complexity index is 273. The van der Waals surface area contributed by atoms with Gasteiger partial charge in [-0.3, -0.25) is 0 Å². The summed E-state index contributed by atoms with van der Waals surface area (Å²) < 4.78 is 13.1. The van der Waals surface area contributed by atoms with E-state index < -0.39 is 0 Å². The molecule has 0 atom stereocenters. The van der Waals surface area contributed by atoms with Crippen molar-refractivity contribution < 1.29 is 4.39 Å². The molecular formula is C8H9ClFN. The fourth-order valence-electron chi connectivity index (χ4n) is 0.875. The lowest BCUT2D eigenvalue weighted by molar-refractivity contribution is 0.601. The zero-order valence-electron chi connectivity index (χ0n) is 6.20. The van der Waals surface area contributed by atoms with Crippen molar-refractivity contribution in [1.29, 1.82) is 0 Å². The molecule has 0 spiro atoms. The van der Waals surface area contributed by atoms with Crippen LogP contribution in [-0.4, -0.2) is 0 Å². The van der Waals surface area contributed by atoms with Gasteiger partial charge < -0.3 is 5.73 Å². The van der Waals surface area contributed by atoms with E-state index in [4.69, 9.17) is 17.3 Å². The molecule has 0 saturated heterocycles. The van der Waals surface area contributed by atoms with Crippen LogP contribution in [0.25, 0.3) is 0 Å². The zero-order chi connectivity index (χ0) is 8.43. The summed E-state index contributed by atoms with van der Waals surface area (Å²) >= 11 is 5.66. The minimum absolute atomic E-state index is 0.212. The van der Waals surface area contributed by atoms with Gasteiger partial charge in [0.15, 0.2) is 0 Å². The van der Waals surface area contributed by atoms with Crippen molar-refractivity contribution in [3.63, 3.8) is 0 Å². The van der Waals surface area contributed by atoms with Crippen molar-refractivity contribution in [2.24, 2.45) is 5.73 Å². The number of rotatable bonds is 1. The normalized spacial score (nSPS) is 10.2. The summed E-state index contributed by atoms with van der Waals surface area (Å²) in [6.45, 7) is 1.85. The molecule has 1 nitrogen and oxygen atoms in total. The fourth-order valence-corrected chi connectivity index (χ4v) is 1.02. The van der Waals surface area contributed by atoms with Crippen LogP contribution in [0.1, 0.15) is 11.1 Å². The van der Waals surface area contributed by atoms with Crippen molar-refractivity contribution in [2.75, 3.05) is 0 Å². The van der Waals surface area contributed by atoms with Gasteiger partial charge in [-0.15, -0.1) is 0 Å². The van der Waals surface area contributed by atoms with Gasteiger partial charge in [0.05, 0.1) is 0 Å². The number of nitrogens with two attached hydrogens (primary N) is 1. The van der Waals surface area contributed by atoms with Crippen LogP contribution in [0.3, 0.4) is 0 Å². The van der Waals surface area contributed by atoms with E-state index in [1.54, 1.807) is 19.1 Å². The summed E-state index contributed by atoms with van der Waals surface area (Å²) in [5.41, 5.74) is 6.26. The topological polar surface area (TPSA) is 26.0 Å². The average molecular weight is 174 g/mol. The molecule has 1 aromatic rings. The molecule has 0 aromatic heterocycles. The fraction of sp³-hybridized carbons (Fsp3) is 0.250. The Morgan fingerprint density at radius 3 is 2.73 bits per heavy atom. The summed E-state index contributed by atoms with van der Waals surface area (Å²) in [6.07, 6.45) is 0. The first-order valence-corrected chi connectivity index (χ1v) is 3.68. The molecule has 0 aliphatic rings. The molecule has 1 aromatic carbocycles. The van der Waals surface area contributed by atoms with Crippen LogP contribution < -0.4 is 5.73 Å². The second-order valence-electron chi connectivity index (χ2n) is 2.35. The lowest BCUT2D eigenvalue weighted by atomic mass is 10.1. The maximum Gasteiger partial charge on any atom is 0.132 e. The van der Waals surface area contributed by atoms with Crippen LogP contribution in [0.2, 0.25) is 5.02 Å². The minimum Gasteiger partial charge on any atom is -0.326 e. The zero-order valence-corrected chi connectivity index (χ0v) is 6.95. The Hall–Kier alpha value is -0.600. The highest BCUT2D eigenvalue weighted by atomic mass is 35.5. The maximum atomic E-state index is 13.1. The van der Waals surface area contributed by atoms with E-state index in [1.807, 2.05) is 0 Å². The van der Waals surface area contributed by atoms with Crippen LogP contribution in [0.5, 0.6) is 0 Å². The summed E-state index contributed by atoms with van der Waals surface area (Å²) in [5, 5.41) is 0.444. The highest BCUT2D eigenvalue weighted by Crippen LogP contribution is 2.20. The van der Waals surface area contributed by atoms with E-state index in [1.165, 1.54) is 0 Å². The number of halogens is 2. The van der Waals surface area contributed by atoms with E-state index in [9.17, 15) is 4.39 Å². The van der Waals surface area contributed by atoms with Gasteiger partial charge in [-0.2, -0.15) is 0 Å². The van der Waals surface area contributed by atoms with Crippen LogP contribution in [0.4, 0.5) is 4.39 Å². The lowest BCUT2D eigenvalue weighted by Gasteiger charge is -2.03. The molecule has 11 heavy (non-hydrogen) atoms. The Kier molecular flexibility index (Phi) is 2.47. The largest absolute Gasteiger partial charge is 0.326 e. The summed E-state index contributed by atoms with van der Waals surface area (Å²) in [4.78, 5) is 0. The van der Waals surface area contributed by atoms with Crippen LogP contribution in [0.15, 0.2) is 12.1 Å². The maximum absolute atomic E-state index is 13.1. The molecule has 0 saturated carbocycles. The van der Waals surface area contributed by atoms with E-state index in [0.29, 0.717) is 16.1 Å². The molecule has 0 heterocycles. The third kappa shape index (κ3) is 1.52. The third-order valence-electron chi connectivity index (χ3n) is 1.62. The minimum atomic E-state index is -0.292. The van der Waals surface area contributed by atoms with Crippen LogP contribution >= 0.6 is 11.6 Å². The molecule has 0 amide bonds. The highest BCUT2D eigenvalue weighted by molar-refractivity contribution is 6.31. The SMILES string of the molecule is Cc1c(Cl)ccc(CN)c1F. The van der Waals surface area contributed by atoms with Crippen LogP contribution in [-0.2, 0) is 6.54 Å². The van der Waals surface area contributed by atoms with Gasteiger partial charge in [0.1, 0.15) is 5.82 Å². The summed E-state index contributed by atoms with van der Waals surface area (Å²) in [7, 11) is 0. The number of hydrogen-bond donors (Lipinski definition) is 1. The first kappa shape index (κ1) is 8.50. The van der Waals surface area contributed by atoms with Crippen molar-refractivity contribution in [1.82, 2.24) is 0 Å². The second kappa shape index (κ2) is 3.20. The van der Waals surface area contributed by atoms with Gasteiger partial charge in [-0.1, -0.05) is 17.7 Å². The molecule has 1 rings (SSSR count). The second-order valence-corrected chi connectivity index (χ2v) is 2.76. The lowest BCUT2D eigenvalue weighted by Crippen LogP contribution is -2.01. The van der Waals surface area contributed by atoms with E-state index in [2.05, 4.69) is 0 Å². The van der Waals surface area contributed by atoms with Crippen molar-refractivity contribution in [3.05, 3.63) is 34.1 Å². The summed E-state index contributed by atoms with van der Waals surface area (Å²) in [6, 6.07) is 3.26. The quantitative estimate of drug-likeness (QED) is 0.693. The van der Waals surface area contributed by atoms with Gasteiger partial charge in [0.25, 0.3) is 0 Å². The standard InChI is InChI=1S/C8H9ClFN/c1-5-7(9)3-2-6(4-11)8(5)10/h2-3H,4,11H2,1H3. The van der Waals surface area contributed by atoms with Crippen molar-refractivity contribution in [2.45, 2.75) is 13.5 Å². The highest BCUT2D eigenvalue weighted by Gasteiger charge is 2.05. The first-order chi connectivity index (χ1) is 5.16. The van der Waals surface area contributed by atoms with Gasteiger partial charge in [-0.25, -0.2) is 4.39 Å². The van der Waals surface area contributed by atoms with E-state index in [-0.39, 0.29) is 12.4 Å². The monoisotopic (exact) mass is 173 g/mol. The van der Waals surface area contributed by atoms with Gasteiger partial charge in [0.2, 0.25) is 0 Å². The Morgan fingerprint density at radius 2 is 2.18 bits per heavy atom. The van der Waals surface area contributed by atoms with E-state index in [0.717, 1.165) is 0 Å². The molecule has 0 bridgehead atoms. The summed E-state index contributed by atoms with van der Waals surface area (Å²) in [5.74, 6) is -0.292. The smallest absolute Gasteiger partial charge is 0.132 e. The first-order valence-electron chi connectivity index (χ1n) is 3.30. The molecule has 2 N–H and O–H groups in total. The van der Waals surface area contributed by atoms with Crippen molar-refractivity contribution in [3.8, 4) is 0 Å². The molecule has 0 fully saturated rings. The predicted octanol–water partition coefficient (Wildman–Crippen LogP) is 2.25. The molecule has 0 unspecified atom stereocenters. The molecule has 3 heteroatoms. The Balaban J connectivity index is 3.25. The molecular weight excluding hydrogens is 165 g/mol. The number of benzene rings is 1. The third-order valence-corrected chi connectivity index (χ3v) is 2.03. The Morgan fingerprint density at radius 1 is 1.55 bits per heavy atom. The van der Waals surface area contributed by atoms with E-state index >= 15 is 0 Å². The average Bonchev–Trinajstić information content (AvgIpc) is 2.01. The predicted molar refractivity (Wildman–Crippen MR) is 44.0 cm³/mol. The Labute approximate surface area is 70.0 Å². The molecule has 60 valence electrons. The molecule has 0 radical (unpaired) electrons. The van der Waals surface area contributed by atoms with Gasteiger partial charge >= 0.3 is 0 Å². The number of hydrogen-bond acceptors (Lipinski definition) is 1. The van der Waals surface area contributed by atoms with Crippen LogP contribution in [0, 0.1) is 12.7 Å². The molecule has 0 aliphatic heterocycles. The molecule has 0 aliphatic carbocycles.